The normalized spacial score (nSPS) is 10.8. The predicted molar refractivity (Wildman–Crippen MR) is 73.4 cm³/mol. The Hall–Kier alpha value is -2.31. The van der Waals surface area contributed by atoms with Gasteiger partial charge in [0.2, 0.25) is 0 Å². The van der Waals surface area contributed by atoms with Gasteiger partial charge in [0.1, 0.15) is 6.61 Å². The van der Waals surface area contributed by atoms with E-state index in [1.165, 1.54) is 39.6 Å². The predicted octanol–water partition coefficient (Wildman–Crippen LogP) is 1.62. The van der Waals surface area contributed by atoms with Gasteiger partial charge in [0.05, 0.1) is 21.3 Å². The molecular formula is C14H20O7. The number of methoxy groups -OCH3 is 3. The van der Waals surface area contributed by atoms with E-state index in [-0.39, 0.29) is 19.4 Å². The molecule has 0 aromatic rings. The van der Waals surface area contributed by atoms with Crippen molar-refractivity contribution in [1.82, 2.24) is 0 Å². The molecule has 0 aliphatic carbocycles. The Morgan fingerprint density at radius 2 is 1.52 bits per heavy atom. The second-order valence-corrected chi connectivity index (χ2v) is 4.00. The van der Waals surface area contributed by atoms with Gasteiger partial charge in [-0.3, -0.25) is 9.59 Å². The topological polar surface area (TPSA) is 88.1 Å². The lowest BCUT2D eigenvalue weighted by atomic mass is 9.81. The standard InChI is InChI=1S/C14H20O7/c1-5-8-14(11(15)18-2,12(16)19-3)9-6-7-10-21-13(17)20-4/h5-7H,1,8-10H2,2-4H3/b7-6+. The molecule has 7 heteroatoms. The summed E-state index contributed by atoms with van der Waals surface area (Å²) in [7, 11) is 3.57. The average molecular weight is 300 g/mol. The van der Waals surface area contributed by atoms with Gasteiger partial charge in [-0.2, -0.15) is 0 Å². The zero-order chi connectivity index (χ0) is 16.3. The van der Waals surface area contributed by atoms with E-state index in [2.05, 4.69) is 25.5 Å². The molecule has 0 amide bonds. The highest BCUT2D eigenvalue weighted by Gasteiger charge is 2.46. The van der Waals surface area contributed by atoms with Crippen LogP contribution in [0.15, 0.2) is 24.8 Å². The van der Waals surface area contributed by atoms with E-state index in [1.807, 2.05) is 0 Å². The van der Waals surface area contributed by atoms with Crippen LogP contribution < -0.4 is 0 Å². The number of esters is 2. The number of rotatable bonds is 8. The maximum Gasteiger partial charge on any atom is 0.508 e. The minimum absolute atomic E-state index is 0.0307. The van der Waals surface area contributed by atoms with Crippen molar-refractivity contribution in [1.29, 1.82) is 0 Å². The van der Waals surface area contributed by atoms with E-state index in [4.69, 9.17) is 0 Å². The quantitative estimate of drug-likeness (QED) is 0.291. The van der Waals surface area contributed by atoms with Gasteiger partial charge in [0.25, 0.3) is 0 Å². The van der Waals surface area contributed by atoms with E-state index in [9.17, 15) is 14.4 Å². The Morgan fingerprint density at radius 3 is 1.95 bits per heavy atom. The molecule has 0 N–H and O–H groups in total. The van der Waals surface area contributed by atoms with Gasteiger partial charge in [0, 0.05) is 0 Å². The summed E-state index contributed by atoms with van der Waals surface area (Å²) in [5, 5.41) is 0. The van der Waals surface area contributed by atoms with E-state index in [0.29, 0.717) is 0 Å². The summed E-state index contributed by atoms with van der Waals surface area (Å²) in [5.74, 6) is -1.43. The van der Waals surface area contributed by atoms with Crippen LogP contribution in [0.5, 0.6) is 0 Å². The van der Waals surface area contributed by atoms with Gasteiger partial charge in [-0.1, -0.05) is 18.2 Å². The highest BCUT2D eigenvalue weighted by molar-refractivity contribution is 6.00. The molecule has 0 aliphatic heterocycles. The number of hydrogen-bond donors (Lipinski definition) is 0. The molecular weight excluding hydrogens is 280 g/mol. The third-order valence-corrected chi connectivity index (χ3v) is 2.74. The Balaban J connectivity index is 4.93. The molecule has 0 rings (SSSR count). The zero-order valence-electron chi connectivity index (χ0n) is 12.4. The molecule has 0 fully saturated rings. The summed E-state index contributed by atoms with van der Waals surface area (Å²) < 4.78 is 18.3. The molecule has 0 spiro atoms. The minimum atomic E-state index is -1.49. The molecule has 118 valence electrons. The third-order valence-electron chi connectivity index (χ3n) is 2.74. The average Bonchev–Trinajstić information content (AvgIpc) is 2.51. The number of hydrogen-bond acceptors (Lipinski definition) is 7. The van der Waals surface area contributed by atoms with Crippen LogP contribution in [-0.4, -0.2) is 46.0 Å². The first-order valence-corrected chi connectivity index (χ1v) is 6.12. The Bertz CT molecular complexity index is 396. The molecule has 0 unspecified atom stereocenters. The van der Waals surface area contributed by atoms with Crippen LogP contribution in [0.1, 0.15) is 12.8 Å². The van der Waals surface area contributed by atoms with Gasteiger partial charge in [-0.05, 0) is 12.8 Å². The van der Waals surface area contributed by atoms with Crippen LogP contribution in [0.3, 0.4) is 0 Å². The smallest absolute Gasteiger partial charge is 0.468 e. The fraction of sp³-hybridized carbons (Fsp3) is 0.500. The first-order chi connectivity index (χ1) is 9.98. The lowest BCUT2D eigenvalue weighted by molar-refractivity contribution is -0.168. The summed E-state index contributed by atoms with van der Waals surface area (Å²) in [6, 6.07) is 0. The molecule has 0 radical (unpaired) electrons. The fourth-order valence-corrected chi connectivity index (χ4v) is 1.66. The van der Waals surface area contributed by atoms with Gasteiger partial charge >= 0.3 is 18.1 Å². The molecule has 0 saturated carbocycles. The summed E-state index contributed by atoms with van der Waals surface area (Å²) in [4.78, 5) is 34.6. The lowest BCUT2D eigenvalue weighted by Gasteiger charge is -2.25. The lowest BCUT2D eigenvalue weighted by Crippen LogP contribution is -2.40. The molecule has 21 heavy (non-hydrogen) atoms. The summed E-state index contributed by atoms with van der Waals surface area (Å²) in [6.45, 7) is 3.49. The number of ether oxygens (including phenoxy) is 4. The van der Waals surface area contributed by atoms with Gasteiger partial charge in [0.15, 0.2) is 5.41 Å². The van der Waals surface area contributed by atoms with Crippen molar-refractivity contribution in [2.75, 3.05) is 27.9 Å². The second kappa shape index (κ2) is 9.57. The molecule has 0 aliphatic rings. The maximum absolute atomic E-state index is 11.9. The SMILES string of the molecule is C=CCC(C/C=C/COC(=O)OC)(C(=O)OC)C(=O)OC. The first-order valence-electron chi connectivity index (χ1n) is 6.12. The fourth-order valence-electron chi connectivity index (χ4n) is 1.66. The maximum atomic E-state index is 11.9. The van der Waals surface area contributed by atoms with Gasteiger partial charge < -0.3 is 18.9 Å². The molecule has 7 nitrogen and oxygen atoms in total. The monoisotopic (exact) mass is 300 g/mol. The van der Waals surface area contributed by atoms with Crippen molar-refractivity contribution in [2.24, 2.45) is 5.41 Å². The summed E-state index contributed by atoms with van der Waals surface area (Å²) in [6.07, 6.45) is 3.73. The van der Waals surface area contributed by atoms with E-state index < -0.39 is 23.5 Å². The van der Waals surface area contributed by atoms with Gasteiger partial charge in [-0.15, -0.1) is 6.58 Å². The zero-order valence-corrected chi connectivity index (χ0v) is 12.4. The number of allylic oxidation sites excluding steroid dienone is 2. The van der Waals surface area contributed by atoms with E-state index >= 15 is 0 Å². The minimum Gasteiger partial charge on any atom is -0.468 e. The van der Waals surface area contributed by atoms with Crippen LogP contribution >= 0.6 is 0 Å². The molecule has 0 bridgehead atoms. The largest absolute Gasteiger partial charge is 0.508 e. The Kier molecular flexibility index (Phi) is 8.52. The summed E-state index contributed by atoms with van der Waals surface area (Å²) >= 11 is 0. The van der Waals surface area contributed by atoms with Crippen molar-refractivity contribution in [3.63, 3.8) is 0 Å². The number of carbonyl (C=O) groups excluding carboxylic acids is 3. The molecule has 0 saturated heterocycles. The van der Waals surface area contributed by atoms with Crippen LogP contribution in [0, 0.1) is 5.41 Å². The van der Waals surface area contributed by atoms with Crippen molar-refractivity contribution in [3.8, 4) is 0 Å². The third kappa shape index (κ3) is 5.29. The molecule has 0 heterocycles. The Morgan fingerprint density at radius 1 is 0.952 bits per heavy atom. The molecule has 0 atom stereocenters. The van der Waals surface area contributed by atoms with Crippen molar-refractivity contribution >= 4 is 18.1 Å². The van der Waals surface area contributed by atoms with Crippen LogP contribution in [0.4, 0.5) is 4.79 Å². The van der Waals surface area contributed by atoms with E-state index in [0.717, 1.165) is 0 Å². The number of carbonyl (C=O) groups is 3. The second-order valence-electron chi connectivity index (χ2n) is 4.00. The van der Waals surface area contributed by atoms with Crippen LogP contribution in [0.2, 0.25) is 0 Å². The molecule has 0 aromatic carbocycles. The van der Waals surface area contributed by atoms with E-state index in [1.54, 1.807) is 0 Å². The highest BCUT2D eigenvalue weighted by Crippen LogP contribution is 2.31. The van der Waals surface area contributed by atoms with Crippen molar-refractivity contribution in [2.45, 2.75) is 12.8 Å². The first kappa shape index (κ1) is 18.7. The van der Waals surface area contributed by atoms with Crippen molar-refractivity contribution < 1.29 is 33.3 Å². The van der Waals surface area contributed by atoms with Crippen molar-refractivity contribution in [3.05, 3.63) is 24.8 Å². The van der Waals surface area contributed by atoms with Crippen LogP contribution in [0.25, 0.3) is 0 Å². The Labute approximate surface area is 123 Å². The van der Waals surface area contributed by atoms with Crippen LogP contribution in [-0.2, 0) is 28.5 Å². The summed E-state index contributed by atoms with van der Waals surface area (Å²) in [5.41, 5.74) is -1.49. The molecule has 0 aromatic heterocycles. The highest BCUT2D eigenvalue weighted by atomic mass is 16.7. The van der Waals surface area contributed by atoms with Gasteiger partial charge in [-0.25, -0.2) is 4.79 Å².